The van der Waals surface area contributed by atoms with Crippen LogP contribution in [0.5, 0.6) is 17.2 Å². The summed E-state index contributed by atoms with van der Waals surface area (Å²) in [7, 11) is 1.63. The minimum atomic E-state index is 0.111. The molecule has 0 radical (unpaired) electrons. The Bertz CT molecular complexity index is 1150. The van der Waals surface area contributed by atoms with Gasteiger partial charge in [0.15, 0.2) is 0 Å². The average molecular weight is 398 g/mol. The van der Waals surface area contributed by atoms with Gasteiger partial charge in [-0.3, -0.25) is 5.10 Å². The second-order valence-corrected chi connectivity index (χ2v) is 6.66. The van der Waals surface area contributed by atoms with E-state index in [1.165, 1.54) is 0 Å². The van der Waals surface area contributed by atoms with E-state index in [1.807, 2.05) is 78.9 Å². The van der Waals surface area contributed by atoms with Crippen molar-refractivity contribution in [1.29, 1.82) is 0 Å². The predicted molar refractivity (Wildman–Crippen MR) is 119 cm³/mol. The number of benzene rings is 3. The highest BCUT2D eigenvalue weighted by atomic mass is 16.5. The van der Waals surface area contributed by atoms with Gasteiger partial charge in [-0.2, -0.15) is 5.10 Å². The van der Waals surface area contributed by atoms with Crippen LogP contribution in [0.25, 0.3) is 28.5 Å². The van der Waals surface area contributed by atoms with E-state index < -0.39 is 0 Å². The minimum absolute atomic E-state index is 0.111. The molecule has 0 atom stereocenters. The summed E-state index contributed by atoms with van der Waals surface area (Å²) in [4.78, 5) is 0. The van der Waals surface area contributed by atoms with E-state index in [2.05, 4.69) is 10.2 Å². The zero-order chi connectivity index (χ0) is 20.8. The number of methoxy groups -OCH3 is 1. The molecule has 0 saturated heterocycles. The summed E-state index contributed by atoms with van der Waals surface area (Å²) in [6.45, 7) is 0.407. The van der Waals surface area contributed by atoms with Crippen molar-refractivity contribution in [3.63, 3.8) is 0 Å². The summed E-state index contributed by atoms with van der Waals surface area (Å²) in [5.74, 6) is 1.44. The van der Waals surface area contributed by atoms with Crippen LogP contribution in [0.2, 0.25) is 0 Å². The second-order valence-electron chi connectivity index (χ2n) is 6.66. The maximum atomic E-state index is 10.6. The molecule has 0 spiro atoms. The third-order valence-electron chi connectivity index (χ3n) is 4.73. The molecule has 1 heterocycles. The zero-order valence-corrected chi connectivity index (χ0v) is 16.6. The van der Waals surface area contributed by atoms with Gasteiger partial charge in [-0.05, 0) is 29.8 Å². The van der Waals surface area contributed by atoms with Gasteiger partial charge in [0.2, 0.25) is 0 Å². The molecule has 3 aromatic carbocycles. The van der Waals surface area contributed by atoms with Crippen molar-refractivity contribution in [2.45, 2.75) is 0 Å². The zero-order valence-electron chi connectivity index (χ0n) is 16.6. The number of phenols is 1. The van der Waals surface area contributed by atoms with Crippen molar-refractivity contribution in [2.75, 3.05) is 13.7 Å². The van der Waals surface area contributed by atoms with Gasteiger partial charge >= 0.3 is 0 Å². The van der Waals surface area contributed by atoms with Gasteiger partial charge in [0, 0.05) is 22.8 Å². The number of ether oxygens (including phenoxy) is 2. The summed E-state index contributed by atoms with van der Waals surface area (Å²) >= 11 is 0. The number of rotatable bonds is 7. The lowest BCUT2D eigenvalue weighted by molar-refractivity contribution is 0.360. The fourth-order valence-electron chi connectivity index (χ4n) is 3.27. The van der Waals surface area contributed by atoms with E-state index in [1.54, 1.807) is 19.4 Å². The maximum Gasteiger partial charge on any atom is 0.128 e. The van der Waals surface area contributed by atoms with Crippen LogP contribution in [0.1, 0.15) is 5.56 Å². The van der Waals surface area contributed by atoms with Gasteiger partial charge in [0.1, 0.15) is 23.9 Å². The van der Waals surface area contributed by atoms with Crippen LogP contribution in [0.4, 0.5) is 0 Å². The maximum absolute atomic E-state index is 10.6. The molecular formula is C25H22N2O3. The smallest absolute Gasteiger partial charge is 0.128 e. The van der Waals surface area contributed by atoms with E-state index in [4.69, 9.17) is 9.47 Å². The number of aromatic nitrogens is 2. The summed E-state index contributed by atoms with van der Waals surface area (Å²) < 4.78 is 11.2. The fraction of sp³-hybridized carbons (Fsp3) is 0.0800. The molecule has 150 valence electrons. The van der Waals surface area contributed by atoms with Crippen LogP contribution in [-0.4, -0.2) is 29.0 Å². The van der Waals surface area contributed by atoms with Crippen molar-refractivity contribution < 1.29 is 14.6 Å². The third-order valence-corrected chi connectivity index (χ3v) is 4.73. The Morgan fingerprint density at radius 3 is 2.53 bits per heavy atom. The first-order valence-corrected chi connectivity index (χ1v) is 9.61. The quantitative estimate of drug-likeness (QED) is 0.428. The molecule has 5 heteroatoms. The van der Waals surface area contributed by atoms with Gasteiger partial charge in [-0.15, -0.1) is 0 Å². The number of para-hydroxylation sites is 1. The van der Waals surface area contributed by atoms with E-state index in [0.29, 0.717) is 23.6 Å². The number of hydrogen-bond donors (Lipinski definition) is 2. The van der Waals surface area contributed by atoms with E-state index in [0.717, 1.165) is 22.4 Å². The van der Waals surface area contributed by atoms with Gasteiger partial charge < -0.3 is 14.6 Å². The lowest BCUT2D eigenvalue weighted by Crippen LogP contribution is -1.94. The SMILES string of the molecule is COc1ccccc1-c1cn[nH]c1-c1ccc(OC/C=C/c2ccccc2)cc1O. The molecule has 0 saturated carbocycles. The fourth-order valence-corrected chi connectivity index (χ4v) is 3.27. The largest absolute Gasteiger partial charge is 0.507 e. The molecule has 0 amide bonds. The number of phenolic OH excluding ortho intramolecular Hbond substituents is 1. The molecule has 0 bridgehead atoms. The molecule has 5 nitrogen and oxygen atoms in total. The summed E-state index contributed by atoms with van der Waals surface area (Å²) in [5.41, 5.74) is 4.22. The molecule has 4 rings (SSSR count). The lowest BCUT2D eigenvalue weighted by Gasteiger charge is -2.11. The highest BCUT2D eigenvalue weighted by Gasteiger charge is 2.16. The van der Waals surface area contributed by atoms with E-state index in [9.17, 15) is 5.11 Å². The average Bonchev–Trinajstić information content (AvgIpc) is 3.27. The van der Waals surface area contributed by atoms with Crippen molar-refractivity contribution in [1.82, 2.24) is 10.2 Å². The number of aromatic hydroxyl groups is 1. The first-order chi connectivity index (χ1) is 14.8. The summed E-state index contributed by atoms with van der Waals surface area (Å²) in [5, 5.41) is 17.8. The van der Waals surface area contributed by atoms with Crippen molar-refractivity contribution in [2.24, 2.45) is 0 Å². The molecule has 1 aromatic heterocycles. The molecule has 0 unspecified atom stereocenters. The first-order valence-electron chi connectivity index (χ1n) is 9.61. The number of nitrogens with zero attached hydrogens (tertiary/aromatic N) is 1. The first kappa shape index (κ1) is 19.3. The van der Waals surface area contributed by atoms with Gasteiger partial charge in [0.25, 0.3) is 0 Å². The second kappa shape index (κ2) is 9.01. The number of hydrogen-bond acceptors (Lipinski definition) is 4. The third kappa shape index (κ3) is 4.20. The number of nitrogens with one attached hydrogen (secondary N) is 1. The molecular weight excluding hydrogens is 376 g/mol. The normalized spacial score (nSPS) is 11.0. The van der Waals surface area contributed by atoms with Crippen LogP contribution in [-0.2, 0) is 0 Å². The van der Waals surface area contributed by atoms with Crippen molar-refractivity contribution in [3.05, 3.63) is 90.6 Å². The van der Waals surface area contributed by atoms with Crippen molar-refractivity contribution >= 4 is 6.08 Å². The van der Waals surface area contributed by atoms with Crippen LogP contribution in [0.15, 0.2) is 85.1 Å². The summed E-state index contributed by atoms with van der Waals surface area (Å²) in [6, 6.07) is 23.0. The molecule has 0 aliphatic carbocycles. The van der Waals surface area contributed by atoms with Crippen LogP contribution in [0.3, 0.4) is 0 Å². The van der Waals surface area contributed by atoms with Gasteiger partial charge in [-0.1, -0.05) is 54.6 Å². The van der Waals surface area contributed by atoms with Crippen molar-refractivity contribution in [3.8, 4) is 39.6 Å². The van der Waals surface area contributed by atoms with Crippen LogP contribution < -0.4 is 9.47 Å². The van der Waals surface area contributed by atoms with E-state index >= 15 is 0 Å². The Morgan fingerprint density at radius 2 is 1.73 bits per heavy atom. The highest BCUT2D eigenvalue weighted by molar-refractivity contribution is 5.85. The molecule has 2 N–H and O–H groups in total. The number of H-pyrrole nitrogens is 1. The van der Waals surface area contributed by atoms with Crippen LogP contribution in [0, 0.1) is 0 Å². The predicted octanol–water partition coefficient (Wildman–Crippen LogP) is 5.55. The lowest BCUT2D eigenvalue weighted by atomic mass is 10.0. The standard InChI is InChI=1S/C25H22N2O3/c1-29-24-12-6-5-11-20(24)22-17-26-27-25(22)21-14-13-19(16-23(21)28)30-15-7-10-18-8-3-2-4-9-18/h2-14,16-17,28H,15H2,1H3,(H,26,27)/b10-7+. The number of aromatic amines is 1. The molecule has 0 aliphatic rings. The Hall–Kier alpha value is -3.99. The Balaban J connectivity index is 1.52. The molecule has 30 heavy (non-hydrogen) atoms. The molecule has 0 aliphatic heterocycles. The molecule has 0 fully saturated rings. The monoisotopic (exact) mass is 398 g/mol. The topological polar surface area (TPSA) is 67.4 Å². The Labute approximate surface area is 175 Å². The Kier molecular flexibility index (Phi) is 5.80. The molecule has 4 aromatic rings. The summed E-state index contributed by atoms with van der Waals surface area (Å²) in [6.07, 6.45) is 5.67. The minimum Gasteiger partial charge on any atom is -0.507 e. The van der Waals surface area contributed by atoms with Gasteiger partial charge in [-0.25, -0.2) is 0 Å². The van der Waals surface area contributed by atoms with E-state index in [-0.39, 0.29) is 5.75 Å². The van der Waals surface area contributed by atoms with Gasteiger partial charge in [0.05, 0.1) is 19.0 Å². The van der Waals surface area contributed by atoms with Crippen LogP contribution >= 0.6 is 0 Å². The Morgan fingerprint density at radius 1 is 0.933 bits per heavy atom. The highest BCUT2D eigenvalue weighted by Crippen LogP contribution is 2.39.